The van der Waals surface area contributed by atoms with Gasteiger partial charge in [0.15, 0.2) is 11.6 Å². The van der Waals surface area contributed by atoms with Crippen LogP contribution in [0, 0.1) is 5.92 Å². The van der Waals surface area contributed by atoms with Gasteiger partial charge in [-0.1, -0.05) is 12.1 Å². The second-order valence-corrected chi connectivity index (χ2v) is 6.14. The Balaban J connectivity index is 1.87. The maximum absolute atomic E-state index is 11.7. The molecule has 2 aromatic heterocycles. The lowest BCUT2D eigenvalue weighted by Crippen LogP contribution is -2.19. The standard InChI is InChI=1S/C15H17N3O2/c1-7-4-10(7)14-11-5-8(2)18-12(13(11)17-20-14)6-16-15(18)9(3)19/h6-8,10H,4-5H2,1-3H3. The van der Waals surface area contributed by atoms with Gasteiger partial charge < -0.3 is 9.09 Å². The van der Waals surface area contributed by atoms with Crippen molar-refractivity contribution in [3.05, 3.63) is 23.3 Å². The first-order chi connectivity index (χ1) is 9.58. The molecule has 1 aliphatic carbocycles. The summed E-state index contributed by atoms with van der Waals surface area (Å²) in [6.07, 6.45) is 3.79. The van der Waals surface area contributed by atoms with Crippen molar-refractivity contribution in [1.29, 1.82) is 0 Å². The molecule has 3 unspecified atom stereocenters. The average molecular weight is 271 g/mol. The Hall–Kier alpha value is -1.91. The topological polar surface area (TPSA) is 60.9 Å². The summed E-state index contributed by atoms with van der Waals surface area (Å²) < 4.78 is 7.60. The highest BCUT2D eigenvalue weighted by Crippen LogP contribution is 2.51. The average Bonchev–Trinajstić information content (AvgIpc) is 2.84. The summed E-state index contributed by atoms with van der Waals surface area (Å²) in [7, 11) is 0. The zero-order chi connectivity index (χ0) is 14.0. The molecule has 5 heteroatoms. The normalized spacial score (nSPS) is 27.1. The van der Waals surface area contributed by atoms with Crippen LogP contribution in [0.4, 0.5) is 0 Å². The van der Waals surface area contributed by atoms with Gasteiger partial charge in [0.1, 0.15) is 11.5 Å². The monoisotopic (exact) mass is 271 g/mol. The summed E-state index contributed by atoms with van der Waals surface area (Å²) in [6.45, 7) is 5.91. The van der Waals surface area contributed by atoms with Crippen LogP contribution in [0.2, 0.25) is 0 Å². The van der Waals surface area contributed by atoms with Gasteiger partial charge in [-0.15, -0.1) is 0 Å². The minimum Gasteiger partial charge on any atom is -0.360 e. The first kappa shape index (κ1) is 11.9. The highest BCUT2D eigenvalue weighted by Gasteiger charge is 2.42. The van der Waals surface area contributed by atoms with Crippen LogP contribution in [0.1, 0.15) is 61.1 Å². The van der Waals surface area contributed by atoms with Crippen LogP contribution < -0.4 is 0 Å². The molecule has 0 aromatic carbocycles. The maximum Gasteiger partial charge on any atom is 0.195 e. The van der Waals surface area contributed by atoms with E-state index >= 15 is 0 Å². The highest BCUT2D eigenvalue weighted by molar-refractivity contribution is 5.91. The van der Waals surface area contributed by atoms with E-state index < -0.39 is 0 Å². The first-order valence-corrected chi connectivity index (χ1v) is 7.15. The lowest BCUT2D eigenvalue weighted by molar-refractivity contribution is 0.0997. The van der Waals surface area contributed by atoms with Crippen molar-refractivity contribution in [3.8, 4) is 11.4 Å². The number of carbonyl (C=O) groups is 1. The lowest BCUT2D eigenvalue weighted by Gasteiger charge is -2.23. The van der Waals surface area contributed by atoms with E-state index in [0.29, 0.717) is 17.7 Å². The second kappa shape index (κ2) is 3.81. The molecule has 2 aromatic rings. The Labute approximate surface area is 117 Å². The van der Waals surface area contributed by atoms with Crippen molar-refractivity contribution < 1.29 is 9.32 Å². The van der Waals surface area contributed by atoms with E-state index in [1.807, 2.05) is 4.57 Å². The molecule has 0 amide bonds. The SMILES string of the molecule is CC(=O)c1ncc2n1C(C)Cc1c-2noc1C1CC1C. The van der Waals surface area contributed by atoms with Crippen LogP contribution in [-0.4, -0.2) is 20.5 Å². The van der Waals surface area contributed by atoms with Gasteiger partial charge in [0.05, 0.1) is 11.9 Å². The van der Waals surface area contributed by atoms with Crippen LogP contribution in [0.5, 0.6) is 0 Å². The summed E-state index contributed by atoms with van der Waals surface area (Å²) in [5, 5.41) is 4.25. The maximum atomic E-state index is 11.7. The number of hydrogen-bond donors (Lipinski definition) is 0. The predicted octanol–water partition coefficient (Wildman–Crippen LogP) is 2.98. The smallest absolute Gasteiger partial charge is 0.195 e. The van der Waals surface area contributed by atoms with E-state index in [1.165, 1.54) is 12.0 Å². The number of nitrogens with zero attached hydrogens (tertiary/aromatic N) is 3. The molecule has 3 heterocycles. The molecule has 2 aliphatic rings. The van der Waals surface area contributed by atoms with Crippen LogP contribution >= 0.6 is 0 Å². The molecule has 104 valence electrons. The van der Waals surface area contributed by atoms with Crippen molar-refractivity contribution in [2.24, 2.45) is 5.92 Å². The van der Waals surface area contributed by atoms with Gasteiger partial charge in [-0.2, -0.15) is 0 Å². The summed E-state index contributed by atoms with van der Waals surface area (Å²) >= 11 is 0. The number of imidazole rings is 1. The second-order valence-electron chi connectivity index (χ2n) is 6.14. The highest BCUT2D eigenvalue weighted by atomic mass is 16.5. The Bertz CT molecular complexity index is 713. The zero-order valence-corrected chi connectivity index (χ0v) is 11.9. The Morgan fingerprint density at radius 2 is 2.20 bits per heavy atom. The fourth-order valence-corrected chi connectivity index (χ4v) is 3.33. The number of fused-ring (bicyclic) bond motifs is 3. The van der Waals surface area contributed by atoms with Gasteiger partial charge in [0.25, 0.3) is 0 Å². The van der Waals surface area contributed by atoms with E-state index in [4.69, 9.17) is 4.52 Å². The minimum absolute atomic E-state index is 0.00826. The third-order valence-electron chi connectivity index (χ3n) is 4.56. The van der Waals surface area contributed by atoms with Crippen molar-refractivity contribution in [3.63, 3.8) is 0 Å². The van der Waals surface area contributed by atoms with Gasteiger partial charge >= 0.3 is 0 Å². The van der Waals surface area contributed by atoms with Gasteiger partial charge in [-0.25, -0.2) is 4.98 Å². The molecule has 4 rings (SSSR count). The van der Waals surface area contributed by atoms with Crippen LogP contribution in [0.15, 0.2) is 10.7 Å². The van der Waals surface area contributed by atoms with Crippen LogP contribution in [0.25, 0.3) is 11.4 Å². The van der Waals surface area contributed by atoms with E-state index in [9.17, 15) is 4.79 Å². The van der Waals surface area contributed by atoms with E-state index in [0.717, 1.165) is 23.6 Å². The third kappa shape index (κ3) is 1.46. The third-order valence-corrected chi connectivity index (χ3v) is 4.56. The van der Waals surface area contributed by atoms with Crippen molar-refractivity contribution >= 4 is 5.78 Å². The molecule has 5 nitrogen and oxygen atoms in total. The molecule has 1 aliphatic heterocycles. The number of Topliss-reactive ketones (excluding diaryl/α,β-unsaturated/α-hetero) is 1. The Morgan fingerprint density at radius 1 is 1.45 bits per heavy atom. The molecular weight excluding hydrogens is 254 g/mol. The largest absolute Gasteiger partial charge is 0.360 e. The molecule has 1 saturated carbocycles. The first-order valence-electron chi connectivity index (χ1n) is 7.15. The molecule has 20 heavy (non-hydrogen) atoms. The van der Waals surface area contributed by atoms with Gasteiger partial charge in [-0.05, 0) is 25.7 Å². The fraction of sp³-hybridized carbons (Fsp3) is 0.533. The number of hydrogen-bond acceptors (Lipinski definition) is 4. The summed E-state index contributed by atoms with van der Waals surface area (Å²) in [5.74, 6) is 2.78. The number of rotatable bonds is 2. The number of carbonyl (C=O) groups excluding carboxylic acids is 1. The lowest BCUT2D eigenvalue weighted by atomic mass is 9.97. The fourth-order valence-electron chi connectivity index (χ4n) is 3.33. The van der Waals surface area contributed by atoms with Crippen molar-refractivity contribution in [2.45, 2.75) is 45.6 Å². The molecule has 0 N–H and O–H groups in total. The molecule has 0 bridgehead atoms. The number of ketones is 1. The molecular formula is C15H17N3O2. The van der Waals surface area contributed by atoms with Crippen molar-refractivity contribution in [2.75, 3.05) is 0 Å². The summed E-state index contributed by atoms with van der Waals surface area (Å²) in [5.41, 5.74) is 3.00. The van der Waals surface area contributed by atoms with Crippen molar-refractivity contribution in [1.82, 2.24) is 14.7 Å². The molecule has 0 spiro atoms. The minimum atomic E-state index is -0.00826. The van der Waals surface area contributed by atoms with E-state index in [1.54, 1.807) is 13.1 Å². The quantitative estimate of drug-likeness (QED) is 0.788. The Kier molecular flexibility index (Phi) is 2.26. The molecule has 3 atom stereocenters. The van der Waals surface area contributed by atoms with E-state index in [2.05, 4.69) is 24.0 Å². The Morgan fingerprint density at radius 3 is 2.85 bits per heavy atom. The summed E-state index contributed by atoms with van der Waals surface area (Å²) in [4.78, 5) is 15.9. The van der Waals surface area contributed by atoms with Gasteiger partial charge in [0, 0.05) is 24.4 Å². The van der Waals surface area contributed by atoms with Crippen LogP contribution in [0.3, 0.4) is 0 Å². The van der Waals surface area contributed by atoms with Gasteiger partial charge in [0.2, 0.25) is 0 Å². The molecule has 0 saturated heterocycles. The summed E-state index contributed by atoms with van der Waals surface area (Å²) in [6, 6.07) is 0.214. The number of aromatic nitrogens is 3. The molecule has 0 radical (unpaired) electrons. The predicted molar refractivity (Wildman–Crippen MR) is 72.7 cm³/mol. The van der Waals surface area contributed by atoms with Crippen LogP contribution in [-0.2, 0) is 6.42 Å². The molecule has 1 fully saturated rings. The van der Waals surface area contributed by atoms with Gasteiger partial charge in [-0.3, -0.25) is 4.79 Å². The van der Waals surface area contributed by atoms with E-state index in [-0.39, 0.29) is 11.8 Å². The zero-order valence-electron chi connectivity index (χ0n) is 11.9.